The van der Waals surface area contributed by atoms with Crippen LogP contribution in [-0.4, -0.2) is 34.9 Å². The van der Waals surface area contributed by atoms with Gasteiger partial charge in [0.05, 0.1) is 25.6 Å². The molecule has 0 amide bonds. The molecule has 5 nitrogen and oxygen atoms in total. The van der Waals surface area contributed by atoms with Gasteiger partial charge in [-0.2, -0.15) is 0 Å². The predicted octanol–water partition coefficient (Wildman–Crippen LogP) is 4.33. The molecule has 0 heterocycles. The van der Waals surface area contributed by atoms with E-state index in [1.807, 2.05) is 0 Å². The minimum atomic E-state index is -0.996. The van der Waals surface area contributed by atoms with Crippen molar-refractivity contribution < 1.29 is 24.5 Å². The van der Waals surface area contributed by atoms with Crippen molar-refractivity contribution in [3.05, 3.63) is 12.2 Å². The zero-order valence-electron chi connectivity index (χ0n) is 17.9. The molecule has 2 bridgehead atoms. The molecule has 2 N–H and O–H groups in total. The van der Waals surface area contributed by atoms with E-state index in [9.17, 15) is 14.7 Å². The van der Waals surface area contributed by atoms with Gasteiger partial charge in [0.2, 0.25) is 0 Å². The number of carbonyl (C=O) groups excluding carboxylic acids is 1. The van der Waals surface area contributed by atoms with Crippen molar-refractivity contribution in [1.29, 1.82) is 0 Å². The number of hydrogen-bond acceptors (Lipinski definition) is 4. The van der Waals surface area contributed by atoms with Crippen molar-refractivity contribution in [2.24, 2.45) is 34.0 Å². The van der Waals surface area contributed by atoms with E-state index in [-0.39, 0.29) is 24.9 Å². The van der Waals surface area contributed by atoms with Gasteiger partial charge in [0, 0.05) is 5.41 Å². The number of carboxylic acids is 1. The number of carbonyl (C=O) groups is 2. The van der Waals surface area contributed by atoms with Crippen molar-refractivity contribution in [2.45, 2.75) is 84.2 Å². The van der Waals surface area contributed by atoms with E-state index >= 15 is 0 Å². The van der Waals surface area contributed by atoms with Gasteiger partial charge in [-0.15, -0.1) is 0 Å². The zero-order chi connectivity index (χ0) is 21.0. The van der Waals surface area contributed by atoms with E-state index < -0.39 is 23.5 Å². The van der Waals surface area contributed by atoms with Gasteiger partial charge in [0.1, 0.15) is 0 Å². The van der Waals surface area contributed by atoms with E-state index in [0.717, 1.165) is 19.3 Å². The number of hydrogen-bond donors (Lipinski definition) is 2. The molecule has 1 spiro atoms. The van der Waals surface area contributed by atoms with E-state index in [0.29, 0.717) is 23.2 Å². The van der Waals surface area contributed by atoms with E-state index in [4.69, 9.17) is 9.84 Å². The van der Waals surface area contributed by atoms with Gasteiger partial charge in [0.25, 0.3) is 0 Å². The maximum Gasteiger partial charge on any atom is 0.306 e. The Morgan fingerprint density at radius 2 is 1.86 bits per heavy atom. The first kappa shape index (κ1) is 20.9. The first-order valence-electron chi connectivity index (χ1n) is 11.3. The number of aliphatic carboxylic acids is 1. The van der Waals surface area contributed by atoms with Gasteiger partial charge in [-0.05, 0) is 80.0 Å². The number of fused-ring (bicyclic) bond motifs is 3. The first-order chi connectivity index (χ1) is 13.6. The normalized spacial score (nSPS) is 46.0. The Balaban J connectivity index is 1.54. The van der Waals surface area contributed by atoms with Crippen LogP contribution in [0.2, 0.25) is 0 Å². The Hall–Kier alpha value is -1.36. The van der Waals surface area contributed by atoms with Crippen LogP contribution in [0.4, 0.5) is 0 Å². The number of ether oxygens (including phenoxy) is 1. The van der Waals surface area contributed by atoms with Crippen LogP contribution in [0.15, 0.2) is 12.2 Å². The number of aliphatic hydroxyl groups excluding tert-OH is 1. The Morgan fingerprint density at radius 1 is 1.10 bits per heavy atom. The number of carboxylic acid groups (broad SMARTS) is 1. The maximum absolute atomic E-state index is 12.1. The van der Waals surface area contributed by atoms with Gasteiger partial charge < -0.3 is 14.9 Å². The predicted molar refractivity (Wildman–Crippen MR) is 109 cm³/mol. The summed E-state index contributed by atoms with van der Waals surface area (Å²) in [5.74, 6) is 0.200. The maximum atomic E-state index is 12.1. The molecule has 5 heteroatoms. The van der Waals surface area contributed by atoms with E-state index in [1.165, 1.54) is 37.7 Å². The number of aliphatic hydroxyl groups is 1. The van der Waals surface area contributed by atoms with Crippen molar-refractivity contribution in [1.82, 2.24) is 0 Å². The number of allylic oxidation sites excluding steroid dienone is 1. The standard InChI is InChI=1S/C24H36O5/c1-15-12-24-11-8-17-22(2,18(24)5-4-16(15)13-24)10-9-19(25)23(17,3)14-29-21(28)7-6-20(26)27/h16-19,25H,1,4-14H2,2-3H3,(H,26,27)/t16-,17+,18-,19-,22-,23-,24-/m1/s1. The first-order valence-corrected chi connectivity index (χ1v) is 11.3. The summed E-state index contributed by atoms with van der Waals surface area (Å²) in [7, 11) is 0. The average molecular weight is 405 g/mol. The largest absolute Gasteiger partial charge is 0.481 e. The summed E-state index contributed by atoms with van der Waals surface area (Å²) in [6.45, 7) is 9.09. The van der Waals surface area contributed by atoms with E-state index in [1.54, 1.807) is 0 Å². The molecule has 7 atom stereocenters. The van der Waals surface area contributed by atoms with Crippen LogP contribution >= 0.6 is 0 Å². The lowest BCUT2D eigenvalue weighted by Crippen LogP contribution is -2.61. The fraction of sp³-hybridized carbons (Fsp3) is 0.833. The quantitative estimate of drug-likeness (QED) is 0.526. The topological polar surface area (TPSA) is 83.8 Å². The van der Waals surface area contributed by atoms with Crippen molar-refractivity contribution in [2.75, 3.05) is 6.61 Å². The number of rotatable bonds is 5. The molecule has 4 aliphatic carbocycles. The molecule has 0 aromatic rings. The second-order valence-corrected chi connectivity index (χ2v) is 10.9. The summed E-state index contributed by atoms with van der Waals surface area (Å²) >= 11 is 0. The Bertz CT molecular complexity index is 716. The number of esters is 1. The van der Waals surface area contributed by atoms with Crippen LogP contribution in [-0.2, 0) is 14.3 Å². The molecular weight excluding hydrogens is 368 g/mol. The Kier molecular flexibility index (Phi) is 5.12. The molecule has 4 aliphatic rings. The monoisotopic (exact) mass is 404 g/mol. The molecule has 29 heavy (non-hydrogen) atoms. The molecule has 0 aromatic carbocycles. The molecule has 4 rings (SSSR count). The second kappa shape index (κ2) is 7.11. The van der Waals surface area contributed by atoms with Crippen LogP contribution in [0.1, 0.15) is 78.1 Å². The lowest BCUT2D eigenvalue weighted by atomic mass is 9.40. The SMILES string of the molecule is C=C1C[C@@]23CC[C@@H]4[C@@](C)(COC(=O)CCC(=O)O)[C@H](O)CC[C@@]4(C)[C@H]2CC[C@@H]1C3. The fourth-order valence-corrected chi connectivity index (χ4v) is 8.10. The fourth-order valence-electron chi connectivity index (χ4n) is 8.10. The Morgan fingerprint density at radius 3 is 2.59 bits per heavy atom. The van der Waals surface area contributed by atoms with Crippen molar-refractivity contribution in [3.8, 4) is 0 Å². The third-order valence-corrected chi connectivity index (χ3v) is 9.48. The molecular formula is C24H36O5. The zero-order valence-corrected chi connectivity index (χ0v) is 17.9. The summed E-state index contributed by atoms with van der Waals surface area (Å²) in [5.41, 5.74) is 1.53. The summed E-state index contributed by atoms with van der Waals surface area (Å²) < 4.78 is 5.54. The van der Waals surface area contributed by atoms with Crippen LogP contribution < -0.4 is 0 Å². The van der Waals surface area contributed by atoms with Crippen molar-refractivity contribution in [3.63, 3.8) is 0 Å². The highest BCUT2D eigenvalue weighted by Gasteiger charge is 2.65. The minimum absolute atomic E-state index is 0.112. The highest BCUT2D eigenvalue weighted by Crippen LogP contribution is 2.72. The minimum Gasteiger partial charge on any atom is -0.481 e. The van der Waals surface area contributed by atoms with Gasteiger partial charge >= 0.3 is 11.9 Å². The van der Waals surface area contributed by atoms with Gasteiger partial charge in [-0.1, -0.05) is 26.0 Å². The van der Waals surface area contributed by atoms with Gasteiger partial charge in [0.15, 0.2) is 0 Å². The molecule has 0 saturated heterocycles. The molecule has 0 aliphatic heterocycles. The average Bonchev–Trinajstić information content (AvgIpc) is 2.90. The van der Waals surface area contributed by atoms with Gasteiger partial charge in [-0.25, -0.2) is 0 Å². The molecule has 0 radical (unpaired) electrons. The van der Waals surface area contributed by atoms with Crippen LogP contribution in [0.5, 0.6) is 0 Å². The summed E-state index contributed by atoms with van der Waals surface area (Å²) in [4.78, 5) is 22.8. The van der Waals surface area contributed by atoms with Crippen LogP contribution in [0.25, 0.3) is 0 Å². The molecule has 162 valence electrons. The lowest BCUT2D eigenvalue weighted by Gasteiger charge is -2.65. The summed E-state index contributed by atoms with van der Waals surface area (Å²) in [5, 5.41) is 19.8. The molecule has 4 saturated carbocycles. The van der Waals surface area contributed by atoms with Crippen LogP contribution in [0.3, 0.4) is 0 Å². The lowest BCUT2D eigenvalue weighted by molar-refractivity contribution is -0.204. The highest BCUT2D eigenvalue weighted by molar-refractivity contribution is 5.76. The third kappa shape index (κ3) is 3.24. The van der Waals surface area contributed by atoms with Crippen LogP contribution in [0, 0.1) is 34.0 Å². The molecule has 0 aromatic heterocycles. The van der Waals surface area contributed by atoms with Crippen molar-refractivity contribution >= 4 is 11.9 Å². The van der Waals surface area contributed by atoms with Gasteiger partial charge in [-0.3, -0.25) is 9.59 Å². The second-order valence-electron chi connectivity index (χ2n) is 10.9. The Labute approximate surface area is 173 Å². The third-order valence-electron chi connectivity index (χ3n) is 9.48. The molecule has 4 fully saturated rings. The van der Waals surface area contributed by atoms with E-state index in [2.05, 4.69) is 20.4 Å². The summed E-state index contributed by atoms with van der Waals surface area (Å²) in [6.07, 6.45) is 8.17. The smallest absolute Gasteiger partial charge is 0.306 e. The summed E-state index contributed by atoms with van der Waals surface area (Å²) in [6, 6.07) is 0. The highest BCUT2D eigenvalue weighted by atomic mass is 16.5. The molecule has 0 unspecified atom stereocenters.